The van der Waals surface area contributed by atoms with E-state index in [1.807, 2.05) is 13.8 Å². The van der Waals surface area contributed by atoms with Crippen molar-refractivity contribution in [2.24, 2.45) is 5.10 Å². The fourth-order valence-electron chi connectivity index (χ4n) is 1.80. The summed E-state index contributed by atoms with van der Waals surface area (Å²) in [7, 11) is 0. The Morgan fingerprint density at radius 1 is 1.26 bits per heavy atom. The minimum absolute atomic E-state index is 0.00362. The monoisotopic (exact) mass is 316 g/mol. The lowest BCUT2D eigenvalue weighted by atomic mass is 10.2. The third-order valence-corrected chi connectivity index (χ3v) is 2.85. The molecule has 0 aliphatic heterocycles. The SMILES string of the molecule is CC(C)Oc1ccc(/C=N\NC(=O)c2ccc(F)cc2)c(O)c1. The predicted octanol–water partition coefficient (Wildman–Crippen LogP) is 3.08. The van der Waals surface area contributed by atoms with Crippen LogP contribution in [0.15, 0.2) is 47.6 Å². The number of hydrogen-bond donors (Lipinski definition) is 2. The van der Waals surface area contributed by atoms with Crippen LogP contribution >= 0.6 is 0 Å². The number of carbonyl (C=O) groups is 1. The summed E-state index contributed by atoms with van der Waals surface area (Å²) in [6, 6.07) is 9.90. The van der Waals surface area contributed by atoms with Crippen molar-refractivity contribution in [1.82, 2.24) is 5.43 Å². The van der Waals surface area contributed by atoms with Crippen LogP contribution in [0.25, 0.3) is 0 Å². The number of aromatic hydroxyl groups is 1. The third-order valence-electron chi connectivity index (χ3n) is 2.85. The summed E-state index contributed by atoms with van der Waals surface area (Å²) in [4.78, 5) is 11.8. The van der Waals surface area contributed by atoms with Gasteiger partial charge in [0.05, 0.1) is 12.3 Å². The smallest absolute Gasteiger partial charge is 0.271 e. The molecular formula is C17H17FN2O3. The van der Waals surface area contributed by atoms with Crippen LogP contribution in [-0.2, 0) is 0 Å². The Morgan fingerprint density at radius 3 is 2.57 bits per heavy atom. The first-order valence-electron chi connectivity index (χ1n) is 7.04. The Balaban J connectivity index is 2.00. The summed E-state index contributed by atoms with van der Waals surface area (Å²) in [5.74, 6) is -0.355. The maximum atomic E-state index is 12.8. The van der Waals surface area contributed by atoms with Crippen molar-refractivity contribution in [1.29, 1.82) is 0 Å². The van der Waals surface area contributed by atoms with Crippen LogP contribution in [0.1, 0.15) is 29.8 Å². The number of hydrogen-bond acceptors (Lipinski definition) is 4. The van der Waals surface area contributed by atoms with Crippen molar-refractivity contribution >= 4 is 12.1 Å². The van der Waals surface area contributed by atoms with E-state index in [0.29, 0.717) is 11.3 Å². The van der Waals surface area contributed by atoms with Gasteiger partial charge in [-0.25, -0.2) is 9.82 Å². The molecule has 0 aliphatic rings. The Labute approximate surface area is 133 Å². The van der Waals surface area contributed by atoms with Gasteiger partial charge in [0.2, 0.25) is 0 Å². The van der Waals surface area contributed by atoms with E-state index < -0.39 is 11.7 Å². The fourth-order valence-corrected chi connectivity index (χ4v) is 1.80. The zero-order valence-corrected chi connectivity index (χ0v) is 12.8. The van der Waals surface area contributed by atoms with Gasteiger partial charge >= 0.3 is 0 Å². The Morgan fingerprint density at radius 2 is 1.96 bits per heavy atom. The number of benzene rings is 2. The second-order valence-corrected chi connectivity index (χ2v) is 5.09. The fraction of sp³-hybridized carbons (Fsp3) is 0.176. The minimum Gasteiger partial charge on any atom is -0.507 e. The molecule has 2 aromatic carbocycles. The molecular weight excluding hydrogens is 299 g/mol. The molecule has 120 valence electrons. The summed E-state index contributed by atoms with van der Waals surface area (Å²) >= 11 is 0. The lowest BCUT2D eigenvalue weighted by molar-refractivity contribution is 0.0955. The molecule has 0 bridgehead atoms. The van der Waals surface area contributed by atoms with E-state index in [0.717, 1.165) is 0 Å². The molecule has 2 N–H and O–H groups in total. The van der Waals surface area contributed by atoms with E-state index in [-0.39, 0.29) is 17.4 Å². The average Bonchev–Trinajstić information content (AvgIpc) is 2.49. The minimum atomic E-state index is -0.472. The molecule has 2 aromatic rings. The van der Waals surface area contributed by atoms with Crippen LogP contribution < -0.4 is 10.2 Å². The highest BCUT2D eigenvalue weighted by atomic mass is 19.1. The molecule has 0 heterocycles. The summed E-state index contributed by atoms with van der Waals surface area (Å²) < 4.78 is 18.2. The predicted molar refractivity (Wildman–Crippen MR) is 85.3 cm³/mol. The zero-order chi connectivity index (χ0) is 16.8. The van der Waals surface area contributed by atoms with Crippen LogP contribution in [0.5, 0.6) is 11.5 Å². The molecule has 0 aromatic heterocycles. The van der Waals surface area contributed by atoms with Crippen LogP contribution in [-0.4, -0.2) is 23.3 Å². The number of amides is 1. The number of ether oxygens (including phenoxy) is 1. The maximum absolute atomic E-state index is 12.8. The molecule has 0 unspecified atom stereocenters. The largest absolute Gasteiger partial charge is 0.507 e. The van der Waals surface area contributed by atoms with Crippen molar-refractivity contribution in [2.45, 2.75) is 20.0 Å². The van der Waals surface area contributed by atoms with Gasteiger partial charge in [-0.3, -0.25) is 4.79 Å². The molecule has 5 nitrogen and oxygen atoms in total. The Hall–Kier alpha value is -2.89. The Kier molecular flexibility index (Phi) is 5.30. The number of rotatable bonds is 5. The number of phenolic OH excluding ortho intramolecular Hbond substituents is 1. The molecule has 0 saturated heterocycles. The van der Waals surface area contributed by atoms with Crippen LogP contribution in [0, 0.1) is 5.82 Å². The summed E-state index contributed by atoms with van der Waals surface area (Å²) in [5, 5.41) is 13.7. The van der Waals surface area contributed by atoms with E-state index in [2.05, 4.69) is 10.5 Å². The van der Waals surface area contributed by atoms with Gasteiger partial charge in [0, 0.05) is 17.2 Å². The molecule has 0 fully saturated rings. The molecule has 23 heavy (non-hydrogen) atoms. The van der Waals surface area contributed by atoms with E-state index >= 15 is 0 Å². The summed E-state index contributed by atoms with van der Waals surface area (Å²) in [5.41, 5.74) is 3.02. The first-order valence-corrected chi connectivity index (χ1v) is 7.04. The molecule has 1 amide bonds. The average molecular weight is 316 g/mol. The first kappa shape index (κ1) is 16.5. The van der Waals surface area contributed by atoms with Gasteiger partial charge in [-0.05, 0) is 50.2 Å². The quantitative estimate of drug-likeness (QED) is 0.658. The highest BCUT2D eigenvalue weighted by Gasteiger charge is 2.05. The zero-order valence-electron chi connectivity index (χ0n) is 12.8. The molecule has 6 heteroatoms. The van der Waals surface area contributed by atoms with Crippen molar-refractivity contribution < 1.29 is 19.0 Å². The third kappa shape index (κ3) is 4.81. The number of phenols is 1. The van der Waals surface area contributed by atoms with E-state index in [1.54, 1.807) is 12.1 Å². The van der Waals surface area contributed by atoms with Gasteiger partial charge in [0.15, 0.2) is 0 Å². The Bertz CT molecular complexity index is 712. The van der Waals surface area contributed by atoms with Gasteiger partial charge in [-0.1, -0.05) is 0 Å². The van der Waals surface area contributed by atoms with Crippen LogP contribution in [0.2, 0.25) is 0 Å². The molecule has 0 saturated carbocycles. The standard InChI is InChI=1S/C17H17FN2O3/c1-11(2)23-15-8-5-13(16(21)9-15)10-19-20-17(22)12-3-6-14(18)7-4-12/h3-11,21H,1-2H3,(H,20,22)/b19-10-. The summed E-state index contributed by atoms with van der Waals surface area (Å²) in [6.45, 7) is 3.77. The van der Waals surface area contributed by atoms with Crippen molar-refractivity contribution in [3.8, 4) is 11.5 Å². The van der Waals surface area contributed by atoms with Gasteiger partial charge in [0.1, 0.15) is 17.3 Å². The molecule has 2 rings (SSSR count). The van der Waals surface area contributed by atoms with Gasteiger partial charge in [-0.2, -0.15) is 5.10 Å². The molecule has 0 radical (unpaired) electrons. The second kappa shape index (κ2) is 7.40. The van der Waals surface area contributed by atoms with Crippen LogP contribution in [0.4, 0.5) is 4.39 Å². The number of carbonyl (C=O) groups excluding carboxylic acids is 1. The van der Waals surface area contributed by atoms with Crippen molar-refractivity contribution in [2.75, 3.05) is 0 Å². The lowest BCUT2D eigenvalue weighted by Crippen LogP contribution is -2.17. The second-order valence-electron chi connectivity index (χ2n) is 5.09. The lowest BCUT2D eigenvalue weighted by Gasteiger charge is -2.10. The first-order chi connectivity index (χ1) is 11.0. The van der Waals surface area contributed by atoms with Crippen LogP contribution in [0.3, 0.4) is 0 Å². The number of hydrazone groups is 1. The van der Waals surface area contributed by atoms with E-state index in [4.69, 9.17) is 4.74 Å². The molecule has 0 spiro atoms. The van der Waals surface area contributed by atoms with E-state index in [9.17, 15) is 14.3 Å². The van der Waals surface area contributed by atoms with Gasteiger partial charge < -0.3 is 9.84 Å². The van der Waals surface area contributed by atoms with Crippen molar-refractivity contribution in [3.63, 3.8) is 0 Å². The normalized spacial score (nSPS) is 11.0. The molecule has 0 atom stereocenters. The highest BCUT2D eigenvalue weighted by molar-refractivity contribution is 5.95. The van der Waals surface area contributed by atoms with E-state index in [1.165, 1.54) is 36.5 Å². The van der Waals surface area contributed by atoms with Gasteiger partial charge in [0.25, 0.3) is 5.91 Å². The topological polar surface area (TPSA) is 70.9 Å². The number of nitrogens with zero attached hydrogens (tertiary/aromatic N) is 1. The maximum Gasteiger partial charge on any atom is 0.271 e. The summed E-state index contributed by atoms with van der Waals surface area (Å²) in [6.07, 6.45) is 1.32. The van der Waals surface area contributed by atoms with Gasteiger partial charge in [-0.15, -0.1) is 0 Å². The molecule has 0 aliphatic carbocycles. The number of halogens is 1. The highest BCUT2D eigenvalue weighted by Crippen LogP contribution is 2.23. The van der Waals surface area contributed by atoms with Crippen molar-refractivity contribution in [3.05, 3.63) is 59.4 Å². The number of nitrogens with one attached hydrogen (secondary N) is 1.